The number of rotatable bonds is 6. The van der Waals surface area contributed by atoms with Crippen molar-refractivity contribution in [2.24, 2.45) is 0 Å². The Labute approximate surface area is 157 Å². The van der Waals surface area contributed by atoms with Crippen LogP contribution in [0.2, 0.25) is 0 Å². The van der Waals surface area contributed by atoms with Crippen LogP contribution in [0.1, 0.15) is 33.1 Å². The summed E-state index contributed by atoms with van der Waals surface area (Å²) in [5.74, 6) is 7.11. The van der Waals surface area contributed by atoms with Gasteiger partial charge < -0.3 is 4.74 Å². The molecule has 0 aromatic carbocycles. The molecular weight excluding hydrogens is 356 g/mol. The molecule has 25 heavy (non-hydrogen) atoms. The number of likely N-dealkylation sites (tertiary alicyclic amines) is 1. The summed E-state index contributed by atoms with van der Waals surface area (Å²) in [4.78, 5) is 13.9. The highest BCUT2D eigenvalue weighted by molar-refractivity contribution is 8.01. The van der Waals surface area contributed by atoms with Crippen molar-refractivity contribution in [3.05, 3.63) is 12.7 Å². The second kappa shape index (κ2) is 10.4. The van der Waals surface area contributed by atoms with Gasteiger partial charge in [0, 0.05) is 12.1 Å². The maximum atomic E-state index is 11.4. The van der Waals surface area contributed by atoms with Gasteiger partial charge in [-0.05, 0) is 26.7 Å². The van der Waals surface area contributed by atoms with Crippen LogP contribution in [0.4, 0.5) is 9.93 Å². The van der Waals surface area contributed by atoms with E-state index in [-0.39, 0.29) is 6.61 Å². The van der Waals surface area contributed by atoms with Gasteiger partial charge in [-0.3, -0.25) is 10.2 Å². The molecule has 2 unspecified atom stereocenters. The monoisotopic (exact) mass is 380 g/mol. The third kappa shape index (κ3) is 6.69. The summed E-state index contributed by atoms with van der Waals surface area (Å²) in [6.45, 7) is 9.02. The maximum Gasteiger partial charge on any atom is 0.413 e. The van der Waals surface area contributed by atoms with E-state index < -0.39 is 6.09 Å². The number of anilines is 1. The van der Waals surface area contributed by atoms with Crippen LogP contribution >= 0.6 is 23.1 Å². The van der Waals surface area contributed by atoms with Gasteiger partial charge in [-0.1, -0.05) is 54.0 Å². The van der Waals surface area contributed by atoms with Crippen LogP contribution in [0, 0.1) is 11.8 Å². The normalized spacial score (nSPS) is 20.4. The van der Waals surface area contributed by atoms with E-state index in [1.807, 2.05) is 0 Å². The number of carbonyl (C=O) groups excluding carboxylic acids is 1. The van der Waals surface area contributed by atoms with Crippen molar-refractivity contribution < 1.29 is 9.53 Å². The Kier molecular flexibility index (Phi) is 8.25. The van der Waals surface area contributed by atoms with Crippen molar-refractivity contribution in [2.75, 3.05) is 24.2 Å². The molecule has 0 spiro atoms. The fraction of sp³-hybridized carbons (Fsp3) is 0.588. The molecule has 0 bridgehead atoms. The SMILES string of the molecule is C=CCOC(=O)Nc1nnc(SCC#CCN2C(C)CCCC2C)s1. The Morgan fingerprint density at radius 2 is 2.20 bits per heavy atom. The number of aromatic nitrogens is 2. The maximum absolute atomic E-state index is 11.4. The van der Waals surface area contributed by atoms with Gasteiger partial charge >= 0.3 is 6.09 Å². The zero-order chi connectivity index (χ0) is 18.1. The lowest BCUT2D eigenvalue weighted by Gasteiger charge is -2.37. The van der Waals surface area contributed by atoms with Crippen molar-refractivity contribution in [2.45, 2.75) is 49.5 Å². The quantitative estimate of drug-likeness (QED) is 0.352. The number of piperidine rings is 1. The Morgan fingerprint density at radius 3 is 2.92 bits per heavy atom. The molecule has 1 aliphatic rings. The summed E-state index contributed by atoms with van der Waals surface area (Å²) < 4.78 is 5.60. The van der Waals surface area contributed by atoms with Gasteiger partial charge in [-0.2, -0.15) is 0 Å². The van der Waals surface area contributed by atoms with Crippen LogP contribution in [0.3, 0.4) is 0 Å². The van der Waals surface area contributed by atoms with E-state index in [9.17, 15) is 4.79 Å². The van der Waals surface area contributed by atoms with Gasteiger partial charge in [0.15, 0.2) is 4.34 Å². The molecular formula is C17H24N4O2S2. The third-order valence-corrected chi connectivity index (χ3v) is 5.83. The second-order valence-electron chi connectivity index (χ2n) is 5.83. The molecule has 1 saturated heterocycles. The summed E-state index contributed by atoms with van der Waals surface area (Å²) in [6, 6.07) is 1.23. The first-order chi connectivity index (χ1) is 12.1. The molecule has 2 atom stereocenters. The molecule has 1 aromatic rings. The number of ether oxygens (including phenoxy) is 1. The van der Waals surface area contributed by atoms with Crippen LogP contribution in [0.15, 0.2) is 17.0 Å². The number of hydrogen-bond donors (Lipinski definition) is 1. The van der Waals surface area contributed by atoms with Gasteiger partial charge in [-0.15, -0.1) is 10.2 Å². The molecule has 1 fully saturated rings. The lowest BCUT2D eigenvalue weighted by molar-refractivity contribution is 0.121. The highest BCUT2D eigenvalue weighted by Gasteiger charge is 2.23. The molecule has 0 saturated carbocycles. The first-order valence-electron chi connectivity index (χ1n) is 8.32. The van der Waals surface area contributed by atoms with E-state index in [2.05, 4.69) is 52.7 Å². The molecule has 6 nitrogen and oxygen atoms in total. The molecule has 136 valence electrons. The topological polar surface area (TPSA) is 67.3 Å². The molecule has 1 amide bonds. The van der Waals surface area contributed by atoms with Gasteiger partial charge in [0.1, 0.15) is 6.61 Å². The Bertz CT molecular complexity index is 628. The summed E-state index contributed by atoms with van der Waals surface area (Å²) in [5, 5.41) is 10.9. The number of amides is 1. The molecule has 1 N–H and O–H groups in total. The highest BCUT2D eigenvalue weighted by atomic mass is 32.2. The van der Waals surface area contributed by atoms with Crippen molar-refractivity contribution in [3.8, 4) is 11.8 Å². The minimum atomic E-state index is -0.558. The second-order valence-corrected chi connectivity index (χ2v) is 8.03. The predicted octanol–water partition coefficient (Wildman–Crippen LogP) is 3.63. The first kappa shape index (κ1) is 19.8. The number of hydrogen-bond acceptors (Lipinski definition) is 7. The van der Waals surface area contributed by atoms with Crippen LogP contribution < -0.4 is 5.32 Å². The third-order valence-electron chi connectivity index (χ3n) is 3.98. The van der Waals surface area contributed by atoms with Crippen molar-refractivity contribution in [1.82, 2.24) is 15.1 Å². The van der Waals surface area contributed by atoms with Gasteiger partial charge in [0.25, 0.3) is 0 Å². The molecule has 0 aliphatic carbocycles. The van der Waals surface area contributed by atoms with E-state index in [0.29, 0.717) is 23.0 Å². The number of nitrogens with zero attached hydrogens (tertiary/aromatic N) is 3. The van der Waals surface area contributed by atoms with Crippen LogP contribution in [-0.2, 0) is 4.74 Å². The minimum Gasteiger partial charge on any atom is -0.445 e. The molecule has 2 heterocycles. The van der Waals surface area contributed by atoms with Crippen LogP contribution in [-0.4, -0.2) is 52.2 Å². The van der Waals surface area contributed by atoms with Gasteiger partial charge in [0.05, 0.1) is 12.3 Å². The molecule has 8 heteroatoms. The van der Waals surface area contributed by atoms with Crippen molar-refractivity contribution in [1.29, 1.82) is 0 Å². The Morgan fingerprint density at radius 1 is 1.44 bits per heavy atom. The van der Waals surface area contributed by atoms with E-state index in [1.54, 1.807) is 0 Å². The van der Waals surface area contributed by atoms with Gasteiger partial charge in [0.2, 0.25) is 5.13 Å². The largest absolute Gasteiger partial charge is 0.445 e. The Hall–Kier alpha value is -1.56. The molecule has 2 rings (SSSR count). The van der Waals surface area contributed by atoms with E-state index >= 15 is 0 Å². The zero-order valence-corrected chi connectivity index (χ0v) is 16.3. The molecule has 0 radical (unpaired) electrons. The fourth-order valence-corrected chi connectivity index (χ4v) is 4.17. The number of thioether (sulfide) groups is 1. The Balaban J connectivity index is 1.72. The van der Waals surface area contributed by atoms with E-state index in [4.69, 9.17) is 4.74 Å². The zero-order valence-electron chi connectivity index (χ0n) is 14.7. The molecule has 1 aromatic heterocycles. The van der Waals surface area contributed by atoms with E-state index in [0.717, 1.165) is 10.9 Å². The number of carbonyl (C=O) groups is 1. The molecule has 1 aliphatic heterocycles. The lowest BCUT2D eigenvalue weighted by atomic mass is 9.98. The van der Waals surface area contributed by atoms with Gasteiger partial charge in [-0.25, -0.2) is 4.79 Å². The van der Waals surface area contributed by atoms with Crippen molar-refractivity contribution in [3.63, 3.8) is 0 Å². The standard InChI is InChI=1S/C17H24N4O2S2/c1-4-11-23-16(22)18-15-19-20-17(25-15)24-12-6-5-10-21-13(2)8-7-9-14(21)3/h4,13-14H,1,7-12H2,2-3H3,(H,18,19,22). The fourth-order valence-electron chi connectivity index (χ4n) is 2.66. The predicted molar refractivity (Wildman–Crippen MR) is 103 cm³/mol. The minimum absolute atomic E-state index is 0.163. The number of nitrogens with one attached hydrogen (secondary N) is 1. The van der Waals surface area contributed by atoms with Crippen LogP contribution in [0.5, 0.6) is 0 Å². The summed E-state index contributed by atoms with van der Waals surface area (Å²) >= 11 is 2.83. The van der Waals surface area contributed by atoms with Crippen LogP contribution in [0.25, 0.3) is 0 Å². The average molecular weight is 381 g/mol. The van der Waals surface area contributed by atoms with Crippen molar-refractivity contribution >= 4 is 34.3 Å². The van der Waals surface area contributed by atoms with E-state index in [1.165, 1.54) is 48.4 Å². The summed E-state index contributed by atoms with van der Waals surface area (Å²) in [6.07, 6.45) is 4.78. The smallest absolute Gasteiger partial charge is 0.413 e. The summed E-state index contributed by atoms with van der Waals surface area (Å²) in [7, 11) is 0. The lowest BCUT2D eigenvalue weighted by Crippen LogP contribution is -2.43. The first-order valence-corrected chi connectivity index (χ1v) is 10.1. The summed E-state index contributed by atoms with van der Waals surface area (Å²) in [5.41, 5.74) is 0. The average Bonchev–Trinajstić information content (AvgIpc) is 3.02. The highest BCUT2D eigenvalue weighted by Crippen LogP contribution is 2.25.